The molecule has 0 bridgehead atoms. The van der Waals surface area contributed by atoms with E-state index in [1.807, 2.05) is 0 Å². The van der Waals surface area contributed by atoms with Gasteiger partial charge in [-0.15, -0.1) is 0 Å². The van der Waals surface area contributed by atoms with Gasteiger partial charge in [-0.3, -0.25) is 4.55 Å². The van der Waals surface area contributed by atoms with Gasteiger partial charge in [0.1, 0.15) is 11.4 Å². The minimum Gasteiger partial charge on any atom is -0.398 e. The lowest BCUT2D eigenvalue weighted by Gasteiger charge is -2.29. The summed E-state index contributed by atoms with van der Waals surface area (Å²) in [5.41, 5.74) is 13.0. The molecule has 0 amide bonds. The molecule has 0 spiro atoms. The Hall–Kier alpha value is -1.31. The van der Waals surface area contributed by atoms with E-state index < -0.39 is 21.5 Å². The monoisotopic (exact) mass is 288 g/mol. The first-order valence-electron chi connectivity index (χ1n) is 5.71. The van der Waals surface area contributed by atoms with Crippen LogP contribution in [0, 0.1) is 20.8 Å². The van der Waals surface area contributed by atoms with E-state index in [0.717, 1.165) is 0 Å². The topological polar surface area (TPSA) is 127 Å². The second-order valence-electron chi connectivity index (χ2n) is 5.08. The van der Waals surface area contributed by atoms with E-state index in [0.29, 0.717) is 33.6 Å². The third kappa shape index (κ3) is 2.99. The molecule has 0 aromatic heterocycles. The van der Waals surface area contributed by atoms with Crippen molar-refractivity contribution in [2.75, 3.05) is 17.2 Å². The highest BCUT2D eigenvalue weighted by Gasteiger charge is 2.34. The van der Waals surface area contributed by atoms with Crippen molar-refractivity contribution in [1.29, 1.82) is 0 Å². The Kier molecular flexibility index (Phi) is 3.86. The van der Waals surface area contributed by atoms with E-state index in [9.17, 15) is 13.5 Å². The van der Waals surface area contributed by atoms with Gasteiger partial charge >= 0.3 is 0 Å². The first kappa shape index (κ1) is 15.7. The molecule has 0 saturated heterocycles. The van der Waals surface area contributed by atoms with Gasteiger partial charge in [-0.25, -0.2) is 0 Å². The smallest absolute Gasteiger partial charge is 0.268 e. The fourth-order valence-corrected chi connectivity index (χ4v) is 3.35. The number of anilines is 2. The number of aliphatic hydroxyl groups is 1. The minimum atomic E-state index is -4.33. The van der Waals surface area contributed by atoms with Crippen LogP contribution in [0.3, 0.4) is 0 Å². The molecule has 0 aliphatic heterocycles. The molecule has 108 valence electrons. The van der Waals surface area contributed by atoms with E-state index in [1.165, 1.54) is 6.92 Å². The molecular formula is C12H20N2O4S. The average molecular weight is 288 g/mol. The van der Waals surface area contributed by atoms with Gasteiger partial charge in [0, 0.05) is 11.4 Å². The number of nitrogens with two attached hydrogens (primary N) is 2. The average Bonchev–Trinajstić information content (AvgIpc) is 2.20. The molecule has 0 heterocycles. The Morgan fingerprint density at radius 1 is 1.05 bits per heavy atom. The van der Waals surface area contributed by atoms with Gasteiger partial charge in [0.25, 0.3) is 10.1 Å². The van der Waals surface area contributed by atoms with Gasteiger partial charge in [-0.05, 0) is 49.9 Å². The summed E-state index contributed by atoms with van der Waals surface area (Å²) in [5, 5.41) is 10.4. The molecule has 7 heteroatoms. The van der Waals surface area contributed by atoms with Gasteiger partial charge < -0.3 is 16.6 Å². The lowest BCUT2D eigenvalue weighted by Crippen LogP contribution is -2.33. The van der Waals surface area contributed by atoms with Crippen molar-refractivity contribution < 1.29 is 18.1 Å². The van der Waals surface area contributed by atoms with E-state index in [4.69, 9.17) is 16.0 Å². The third-order valence-electron chi connectivity index (χ3n) is 3.37. The fraction of sp³-hybridized carbons (Fsp3) is 0.500. The van der Waals surface area contributed by atoms with Gasteiger partial charge in [0.15, 0.2) is 0 Å². The van der Waals surface area contributed by atoms with Crippen LogP contribution < -0.4 is 11.5 Å². The van der Waals surface area contributed by atoms with Crippen LogP contribution in [0.2, 0.25) is 0 Å². The van der Waals surface area contributed by atoms with E-state index >= 15 is 0 Å². The highest BCUT2D eigenvalue weighted by Crippen LogP contribution is 2.37. The zero-order valence-electron chi connectivity index (χ0n) is 11.5. The van der Waals surface area contributed by atoms with Crippen LogP contribution in [0.1, 0.15) is 29.2 Å². The van der Waals surface area contributed by atoms with Crippen molar-refractivity contribution in [3.8, 4) is 0 Å². The molecule has 0 radical (unpaired) electrons. The summed E-state index contributed by atoms with van der Waals surface area (Å²) in [6.07, 6.45) is 0. The van der Waals surface area contributed by atoms with Crippen molar-refractivity contribution in [3.05, 3.63) is 22.3 Å². The maximum Gasteiger partial charge on any atom is 0.268 e. The third-order valence-corrected chi connectivity index (χ3v) is 4.29. The zero-order valence-corrected chi connectivity index (χ0v) is 12.3. The summed E-state index contributed by atoms with van der Waals surface area (Å²) in [5.74, 6) is -0.816. The summed E-state index contributed by atoms with van der Waals surface area (Å²) in [6.45, 7) is 6.43. The van der Waals surface area contributed by atoms with Crippen LogP contribution in [-0.4, -0.2) is 23.8 Å². The highest BCUT2D eigenvalue weighted by atomic mass is 32.2. The first-order valence-corrected chi connectivity index (χ1v) is 7.32. The number of nitrogen functional groups attached to an aromatic ring is 2. The predicted molar refractivity (Wildman–Crippen MR) is 75.5 cm³/mol. The molecule has 0 saturated carbocycles. The quantitative estimate of drug-likeness (QED) is 0.483. The molecule has 1 atom stereocenters. The predicted octanol–water partition coefficient (Wildman–Crippen LogP) is 0.872. The van der Waals surface area contributed by atoms with E-state index in [1.54, 1.807) is 20.8 Å². The SMILES string of the molecule is Cc1c(N)c(C)c(C(C)(O)CS(=O)(=O)O)c(C)c1N. The zero-order chi connectivity index (χ0) is 15.2. The Balaban J connectivity index is 3.60. The van der Waals surface area contributed by atoms with Crippen molar-refractivity contribution in [2.45, 2.75) is 33.3 Å². The molecule has 19 heavy (non-hydrogen) atoms. The van der Waals surface area contributed by atoms with E-state index in [-0.39, 0.29) is 0 Å². The minimum absolute atomic E-state index is 0.339. The van der Waals surface area contributed by atoms with E-state index in [2.05, 4.69) is 0 Å². The Morgan fingerprint density at radius 2 is 1.42 bits per heavy atom. The van der Waals surface area contributed by atoms with Crippen molar-refractivity contribution in [3.63, 3.8) is 0 Å². The van der Waals surface area contributed by atoms with Crippen LogP contribution in [-0.2, 0) is 15.7 Å². The van der Waals surface area contributed by atoms with Crippen LogP contribution in [0.5, 0.6) is 0 Å². The second kappa shape index (κ2) is 4.66. The van der Waals surface area contributed by atoms with Gasteiger partial charge in [-0.2, -0.15) is 8.42 Å². The lowest BCUT2D eigenvalue weighted by molar-refractivity contribution is 0.0790. The van der Waals surface area contributed by atoms with Crippen molar-refractivity contribution >= 4 is 21.5 Å². The van der Waals surface area contributed by atoms with Gasteiger partial charge in [-0.1, -0.05) is 0 Å². The molecule has 0 aliphatic carbocycles. The maximum atomic E-state index is 11.0. The molecular weight excluding hydrogens is 268 g/mol. The number of benzene rings is 1. The highest BCUT2D eigenvalue weighted by molar-refractivity contribution is 7.85. The summed E-state index contributed by atoms with van der Waals surface area (Å²) >= 11 is 0. The number of hydrogen-bond acceptors (Lipinski definition) is 5. The van der Waals surface area contributed by atoms with Crippen molar-refractivity contribution in [1.82, 2.24) is 0 Å². The summed E-state index contributed by atoms with van der Waals surface area (Å²) in [7, 11) is -4.33. The Morgan fingerprint density at radius 3 is 1.74 bits per heavy atom. The Bertz CT molecular complexity index is 592. The molecule has 1 aromatic carbocycles. The fourth-order valence-electron chi connectivity index (χ4n) is 2.49. The molecule has 0 aliphatic rings. The number of hydrogen-bond donors (Lipinski definition) is 4. The second-order valence-corrected chi connectivity index (χ2v) is 6.53. The molecule has 1 rings (SSSR count). The molecule has 6 N–H and O–H groups in total. The van der Waals surface area contributed by atoms with Crippen LogP contribution in [0.25, 0.3) is 0 Å². The summed E-state index contributed by atoms with van der Waals surface area (Å²) < 4.78 is 31.0. The molecule has 1 aromatic rings. The Labute approximate surface area is 113 Å². The van der Waals surface area contributed by atoms with Crippen molar-refractivity contribution in [2.24, 2.45) is 0 Å². The summed E-state index contributed by atoms with van der Waals surface area (Å²) in [4.78, 5) is 0. The van der Waals surface area contributed by atoms with Crippen LogP contribution in [0.4, 0.5) is 11.4 Å². The molecule has 1 unspecified atom stereocenters. The first-order chi connectivity index (χ1) is 8.38. The lowest BCUT2D eigenvalue weighted by atomic mass is 9.86. The van der Waals surface area contributed by atoms with Gasteiger partial charge in [0.05, 0.1) is 0 Å². The van der Waals surface area contributed by atoms with Gasteiger partial charge in [0.2, 0.25) is 0 Å². The maximum absolute atomic E-state index is 11.0. The summed E-state index contributed by atoms with van der Waals surface area (Å²) in [6, 6.07) is 0. The normalized spacial score (nSPS) is 15.3. The molecule has 0 fully saturated rings. The standard InChI is InChI=1S/C12H20N2O4S/c1-6-9(12(4,15)5-19(16,17)18)7(2)11(14)8(3)10(6)13/h15H,5,13-14H2,1-4H3,(H,16,17,18). The largest absolute Gasteiger partial charge is 0.398 e. The van der Waals surface area contributed by atoms with Crippen LogP contribution >= 0.6 is 0 Å². The number of rotatable bonds is 3. The molecule has 6 nitrogen and oxygen atoms in total. The van der Waals surface area contributed by atoms with Crippen LogP contribution in [0.15, 0.2) is 0 Å².